The molecule has 4 rings (SSSR count). The predicted octanol–water partition coefficient (Wildman–Crippen LogP) is 4.05. The Morgan fingerprint density at radius 3 is 2.25 bits per heavy atom. The van der Waals surface area contributed by atoms with Crippen LogP contribution in [0.15, 0.2) is 36.4 Å². The molecule has 0 saturated carbocycles. The van der Waals surface area contributed by atoms with Crippen molar-refractivity contribution in [1.82, 2.24) is 14.9 Å². The van der Waals surface area contributed by atoms with E-state index in [2.05, 4.69) is 41.1 Å². The summed E-state index contributed by atoms with van der Waals surface area (Å²) in [4.78, 5) is 11.7. The van der Waals surface area contributed by atoms with Crippen LogP contribution in [0.25, 0.3) is 22.3 Å². The van der Waals surface area contributed by atoms with E-state index >= 15 is 0 Å². The van der Waals surface area contributed by atoms with E-state index in [4.69, 9.17) is 20.2 Å². The number of nitrogens with zero attached hydrogens (tertiary/aromatic N) is 3. The maximum Gasteiger partial charge on any atom is 0.162 e. The first-order valence-corrected chi connectivity index (χ1v) is 9.64. The molecule has 28 heavy (non-hydrogen) atoms. The number of aromatic nitrogens is 2. The van der Waals surface area contributed by atoms with Crippen molar-refractivity contribution < 1.29 is 9.47 Å². The van der Waals surface area contributed by atoms with Gasteiger partial charge < -0.3 is 15.2 Å². The Hall–Kier alpha value is -2.86. The summed E-state index contributed by atoms with van der Waals surface area (Å²) < 4.78 is 10.7. The number of nitrogen functional groups attached to an aromatic ring is 1. The van der Waals surface area contributed by atoms with Crippen molar-refractivity contribution in [2.45, 2.75) is 25.8 Å². The Kier molecular flexibility index (Phi) is 5.05. The van der Waals surface area contributed by atoms with Gasteiger partial charge in [0, 0.05) is 23.1 Å². The molecule has 1 aromatic heterocycles. The van der Waals surface area contributed by atoms with Crippen molar-refractivity contribution in [2.75, 3.05) is 33.0 Å². The molecule has 6 nitrogen and oxygen atoms in total. The summed E-state index contributed by atoms with van der Waals surface area (Å²) in [5, 5.41) is 0.751. The molecular formula is C22H26N4O2. The molecule has 0 amide bonds. The molecule has 0 bridgehead atoms. The van der Waals surface area contributed by atoms with Crippen LogP contribution in [0.5, 0.6) is 11.5 Å². The molecule has 0 aliphatic carbocycles. The first-order chi connectivity index (χ1) is 13.6. The zero-order valence-electron chi connectivity index (χ0n) is 16.6. The van der Waals surface area contributed by atoms with Crippen LogP contribution in [0.3, 0.4) is 0 Å². The number of benzene rings is 2. The molecular weight excluding hydrogens is 352 g/mol. The summed E-state index contributed by atoms with van der Waals surface area (Å²) in [5.41, 5.74) is 9.20. The minimum Gasteiger partial charge on any atom is -0.493 e. The van der Waals surface area contributed by atoms with Gasteiger partial charge in [0.05, 0.1) is 19.7 Å². The Balaban J connectivity index is 1.68. The van der Waals surface area contributed by atoms with E-state index in [1.54, 1.807) is 14.2 Å². The van der Waals surface area contributed by atoms with Gasteiger partial charge in [0.1, 0.15) is 5.82 Å². The van der Waals surface area contributed by atoms with Crippen LogP contribution in [0.1, 0.15) is 31.4 Å². The quantitative estimate of drug-likeness (QED) is 0.722. The highest BCUT2D eigenvalue weighted by molar-refractivity contribution is 5.92. The van der Waals surface area contributed by atoms with E-state index < -0.39 is 0 Å². The van der Waals surface area contributed by atoms with Crippen molar-refractivity contribution in [2.24, 2.45) is 0 Å². The lowest BCUT2D eigenvalue weighted by atomic mass is 10.0. The van der Waals surface area contributed by atoms with Gasteiger partial charge >= 0.3 is 0 Å². The summed E-state index contributed by atoms with van der Waals surface area (Å²) in [6, 6.07) is 12.5. The maximum atomic E-state index is 6.22. The number of hydrogen-bond acceptors (Lipinski definition) is 6. The van der Waals surface area contributed by atoms with Gasteiger partial charge in [0.2, 0.25) is 0 Å². The van der Waals surface area contributed by atoms with Crippen LogP contribution in [-0.4, -0.2) is 42.2 Å². The zero-order chi connectivity index (χ0) is 19.7. The van der Waals surface area contributed by atoms with Gasteiger partial charge in [-0.1, -0.05) is 24.3 Å². The van der Waals surface area contributed by atoms with E-state index in [0.29, 0.717) is 29.2 Å². The third-order valence-electron chi connectivity index (χ3n) is 5.57. The molecule has 0 spiro atoms. The molecule has 0 radical (unpaired) electrons. The van der Waals surface area contributed by atoms with Crippen LogP contribution >= 0.6 is 0 Å². The monoisotopic (exact) mass is 378 g/mol. The molecule has 6 heteroatoms. The first kappa shape index (κ1) is 18.5. The molecule has 1 aliphatic heterocycles. The van der Waals surface area contributed by atoms with E-state index in [-0.39, 0.29) is 0 Å². The Labute approximate surface area is 165 Å². The van der Waals surface area contributed by atoms with Gasteiger partial charge in [-0.05, 0) is 44.5 Å². The molecule has 1 fully saturated rings. The first-order valence-electron chi connectivity index (χ1n) is 9.64. The fourth-order valence-corrected chi connectivity index (χ4v) is 3.86. The van der Waals surface area contributed by atoms with Crippen LogP contribution in [0.2, 0.25) is 0 Å². The molecule has 2 aromatic carbocycles. The van der Waals surface area contributed by atoms with Crippen molar-refractivity contribution in [3.63, 3.8) is 0 Å². The second kappa shape index (κ2) is 7.64. The second-order valence-corrected chi connectivity index (χ2v) is 7.20. The van der Waals surface area contributed by atoms with Crippen LogP contribution in [0.4, 0.5) is 5.82 Å². The van der Waals surface area contributed by atoms with Gasteiger partial charge in [-0.25, -0.2) is 9.97 Å². The van der Waals surface area contributed by atoms with Gasteiger partial charge in [0.25, 0.3) is 0 Å². The minimum atomic E-state index is 0.426. The van der Waals surface area contributed by atoms with Gasteiger partial charge in [-0.15, -0.1) is 0 Å². The minimum absolute atomic E-state index is 0.426. The van der Waals surface area contributed by atoms with E-state index in [1.807, 2.05) is 12.1 Å². The lowest BCUT2D eigenvalue weighted by molar-refractivity contribution is 0.263. The van der Waals surface area contributed by atoms with Crippen molar-refractivity contribution in [3.8, 4) is 22.9 Å². The largest absolute Gasteiger partial charge is 0.493 e. The highest BCUT2D eigenvalue weighted by atomic mass is 16.5. The topological polar surface area (TPSA) is 73.5 Å². The Morgan fingerprint density at radius 2 is 1.61 bits per heavy atom. The highest BCUT2D eigenvalue weighted by Crippen LogP contribution is 2.34. The number of fused-ring (bicyclic) bond motifs is 1. The molecule has 146 valence electrons. The summed E-state index contributed by atoms with van der Waals surface area (Å²) >= 11 is 0. The summed E-state index contributed by atoms with van der Waals surface area (Å²) in [7, 11) is 3.20. The number of anilines is 1. The number of rotatable bonds is 5. The molecule has 1 saturated heterocycles. The standard InChI is InChI=1S/C22H26N4O2/c1-14(26-10-4-5-11-26)15-6-8-16(9-7-15)22-24-18-13-20(28-3)19(27-2)12-17(18)21(23)25-22/h6-9,12-14H,4-5,10-11H2,1-3H3,(H2,23,24,25)/t14-/m0/s1. The van der Waals surface area contributed by atoms with Crippen LogP contribution in [-0.2, 0) is 0 Å². The van der Waals surface area contributed by atoms with Crippen molar-refractivity contribution in [1.29, 1.82) is 0 Å². The SMILES string of the molecule is COc1cc2nc(-c3ccc([C@H](C)N4CCCC4)cc3)nc(N)c2cc1OC. The Morgan fingerprint density at radius 1 is 0.964 bits per heavy atom. The number of methoxy groups -OCH3 is 2. The van der Waals surface area contributed by atoms with Crippen LogP contribution < -0.4 is 15.2 Å². The van der Waals surface area contributed by atoms with Gasteiger partial charge in [0.15, 0.2) is 17.3 Å². The van der Waals surface area contributed by atoms with Crippen LogP contribution in [0, 0.1) is 0 Å². The summed E-state index contributed by atoms with van der Waals surface area (Å²) in [6.45, 7) is 4.63. The second-order valence-electron chi connectivity index (χ2n) is 7.20. The van der Waals surface area contributed by atoms with Crippen molar-refractivity contribution in [3.05, 3.63) is 42.0 Å². The predicted molar refractivity (Wildman–Crippen MR) is 112 cm³/mol. The average Bonchev–Trinajstić information content (AvgIpc) is 3.27. The maximum absolute atomic E-state index is 6.22. The molecule has 2 heterocycles. The fraction of sp³-hybridized carbons (Fsp3) is 0.364. The van der Waals surface area contributed by atoms with Crippen molar-refractivity contribution >= 4 is 16.7 Å². The number of hydrogen-bond donors (Lipinski definition) is 1. The smallest absolute Gasteiger partial charge is 0.162 e. The molecule has 3 aromatic rings. The number of nitrogens with two attached hydrogens (primary N) is 1. The third-order valence-corrected chi connectivity index (χ3v) is 5.57. The summed E-state index contributed by atoms with van der Waals surface area (Å²) in [5.74, 6) is 2.26. The third kappa shape index (κ3) is 3.36. The summed E-state index contributed by atoms with van der Waals surface area (Å²) in [6.07, 6.45) is 2.59. The number of ether oxygens (including phenoxy) is 2. The molecule has 1 atom stereocenters. The van der Waals surface area contributed by atoms with E-state index in [0.717, 1.165) is 16.5 Å². The fourth-order valence-electron chi connectivity index (χ4n) is 3.86. The lowest BCUT2D eigenvalue weighted by Crippen LogP contribution is -2.23. The van der Waals surface area contributed by atoms with Gasteiger partial charge in [-0.2, -0.15) is 0 Å². The number of likely N-dealkylation sites (tertiary alicyclic amines) is 1. The molecule has 0 unspecified atom stereocenters. The van der Waals surface area contributed by atoms with E-state index in [1.165, 1.54) is 31.5 Å². The Bertz CT molecular complexity index is 982. The van der Waals surface area contributed by atoms with E-state index in [9.17, 15) is 0 Å². The highest BCUT2D eigenvalue weighted by Gasteiger charge is 2.19. The normalized spacial score (nSPS) is 15.7. The lowest BCUT2D eigenvalue weighted by Gasteiger charge is -2.24. The molecule has 2 N–H and O–H groups in total. The van der Waals surface area contributed by atoms with Gasteiger partial charge in [-0.3, -0.25) is 4.90 Å². The molecule has 1 aliphatic rings. The zero-order valence-corrected chi connectivity index (χ0v) is 16.6. The average molecular weight is 378 g/mol.